The molecule has 6 amide bonds. The Balaban J connectivity index is 1.30. The third kappa shape index (κ3) is 11.4. The second-order valence-corrected chi connectivity index (χ2v) is 16.6. The number of carbonyl (C=O) groups excluding carboxylic acids is 6. The van der Waals surface area contributed by atoms with Crippen LogP contribution >= 0.6 is 11.6 Å². The molecule has 1 saturated heterocycles. The van der Waals surface area contributed by atoms with E-state index in [4.69, 9.17) is 28.8 Å². The van der Waals surface area contributed by atoms with Gasteiger partial charge in [-0.2, -0.15) is 0 Å². The van der Waals surface area contributed by atoms with E-state index in [9.17, 15) is 44.1 Å². The molecule has 344 valence electrons. The minimum Gasteiger partial charge on any atom is -0.507 e. The van der Waals surface area contributed by atoms with Crippen LogP contribution < -0.4 is 38.5 Å². The molecule has 19 heteroatoms. The molecule has 4 bridgehead atoms. The number of hydrogen-bond donors (Lipinski definition) is 10. The van der Waals surface area contributed by atoms with Gasteiger partial charge in [-0.3, -0.25) is 28.8 Å². The van der Waals surface area contributed by atoms with Crippen molar-refractivity contribution in [2.45, 2.75) is 75.0 Å². The number of likely N-dealkylation sites (N-methyl/N-ethyl adjacent to an activating group) is 1. The van der Waals surface area contributed by atoms with Crippen LogP contribution in [0.15, 0.2) is 84.9 Å². The van der Waals surface area contributed by atoms with Crippen LogP contribution in [-0.4, -0.2) is 118 Å². The third-order valence-electron chi connectivity index (χ3n) is 11.6. The van der Waals surface area contributed by atoms with Crippen molar-refractivity contribution >= 4 is 47.0 Å². The Hall–Kier alpha value is -6.57. The number of amides is 6. The highest BCUT2D eigenvalue weighted by Gasteiger charge is 2.37. The van der Waals surface area contributed by atoms with Crippen molar-refractivity contribution in [1.29, 1.82) is 0 Å². The highest BCUT2D eigenvalue weighted by molar-refractivity contribution is 6.30. The summed E-state index contributed by atoms with van der Waals surface area (Å²) < 4.78 is 0. The smallest absolute Gasteiger partial charge is 0.260 e. The molecule has 13 N–H and O–H groups in total. The zero-order chi connectivity index (χ0) is 46.9. The molecular formula is C46H54ClN9O9. The second kappa shape index (κ2) is 21.4. The number of fused-ring (bicyclic) bond motifs is 5. The molecule has 0 radical (unpaired) electrons. The van der Waals surface area contributed by atoms with Crippen molar-refractivity contribution in [3.63, 3.8) is 0 Å². The summed E-state index contributed by atoms with van der Waals surface area (Å²) in [7, 11) is 1.34. The minimum absolute atomic E-state index is 0.0541. The van der Waals surface area contributed by atoms with Crippen molar-refractivity contribution in [3.05, 3.63) is 107 Å². The Morgan fingerprint density at radius 3 is 2.18 bits per heavy atom. The number of phenolic OH excluding ortho intramolecular Hbond substituents is 2. The molecule has 2 aliphatic rings. The molecule has 6 rings (SSSR count). The molecular weight excluding hydrogens is 858 g/mol. The number of halogens is 1. The van der Waals surface area contributed by atoms with E-state index in [0.29, 0.717) is 49.4 Å². The SMILES string of the molecule is CN(C(=O)[C@H](CCCCN)NC(=O)c1ccc(-c2ccc(Cl)cc2)cc1)[C@@H]1C(=O)N[C@@H](N)C(=O)N[C@H](C(=O)N[C@@H](N)C(=O)N2CCC[C@H]2CO)Cc2ccc(O)c(c2)-c2cc1ccc2O. The predicted molar refractivity (Wildman–Crippen MR) is 241 cm³/mol. The molecule has 6 atom stereocenters. The summed E-state index contributed by atoms with van der Waals surface area (Å²) in [5, 5.41) is 42.7. The largest absolute Gasteiger partial charge is 0.507 e. The molecule has 0 aliphatic carbocycles. The Morgan fingerprint density at radius 2 is 1.52 bits per heavy atom. The number of aromatic hydroxyl groups is 2. The van der Waals surface area contributed by atoms with E-state index < -0.39 is 71.9 Å². The van der Waals surface area contributed by atoms with Crippen LogP contribution in [-0.2, 0) is 30.4 Å². The maximum Gasteiger partial charge on any atom is 0.260 e. The summed E-state index contributed by atoms with van der Waals surface area (Å²) in [4.78, 5) is 85.8. The fourth-order valence-corrected chi connectivity index (χ4v) is 8.18. The first-order valence-electron chi connectivity index (χ1n) is 21.2. The van der Waals surface area contributed by atoms with Gasteiger partial charge in [0.15, 0.2) is 12.3 Å². The summed E-state index contributed by atoms with van der Waals surface area (Å²) >= 11 is 6.04. The van der Waals surface area contributed by atoms with Crippen LogP contribution in [0.3, 0.4) is 0 Å². The van der Waals surface area contributed by atoms with E-state index in [1.807, 2.05) is 12.1 Å². The van der Waals surface area contributed by atoms with Crippen molar-refractivity contribution < 1.29 is 44.1 Å². The van der Waals surface area contributed by atoms with E-state index in [0.717, 1.165) is 16.0 Å². The molecule has 1 fully saturated rings. The molecule has 0 saturated carbocycles. The monoisotopic (exact) mass is 911 g/mol. The van der Waals surface area contributed by atoms with Crippen molar-refractivity contribution in [2.24, 2.45) is 17.2 Å². The zero-order valence-corrected chi connectivity index (χ0v) is 36.5. The fourth-order valence-electron chi connectivity index (χ4n) is 8.05. The molecule has 0 aromatic heterocycles. The van der Waals surface area contributed by atoms with Gasteiger partial charge < -0.3 is 63.6 Å². The standard InChI is InChI=1S/C46H54ClN9O9/c1-55(45(64)34(6-2-3-19-48)51-41(60)28-10-8-26(9-11-28)27-12-15-30(47)16-13-27)38-29-14-18-37(59)33(23-29)32-21-25(7-17-36(32)58)22-35(52-44(63)39(49)53-43(38)62)42(61)54-40(50)46(65)56-20-4-5-31(56)24-57/h7-18,21,23,31,34-35,38-40,57-59H,2-6,19-20,22,24,48-50H2,1H3,(H,51,60)(H,52,63)(H,53,62)(H,54,61)/t31-,34-,35-,38-,39+,40+/m0/s1. The number of nitrogens with two attached hydrogens (primary N) is 3. The number of nitrogens with zero attached hydrogens (tertiary/aromatic N) is 2. The lowest BCUT2D eigenvalue weighted by atomic mass is 9.93. The zero-order valence-electron chi connectivity index (χ0n) is 35.7. The highest BCUT2D eigenvalue weighted by atomic mass is 35.5. The van der Waals surface area contributed by atoms with Gasteiger partial charge in [0.25, 0.3) is 17.7 Å². The number of hydrogen-bond acceptors (Lipinski definition) is 12. The lowest BCUT2D eigenvalue weighted by molar-refractivity contribution is -0.142. The third-order valence-corrected chi connectivity index (χ3v) is 11.9. The van der Waals surface area contributed by atoms with Crippen molar-refractivity contribution in [1.82, 2.24) is 31.1 Å². The first kappa shape index (κ1) is 47.9. The van der Waals surface area contributed by atoms with Gasteiger partial charge in [-0.1, -0.05) is 48.0 Å². The quantitative estimate of drug-likeness (QED) is 0.0672. The molecule has 4 aromatic carbocycles. The number of aliphatic hydroxyl groups is 1. The Bertz CT molecular complexity index is 2400. The van der Waals surface area contributed by atoms with E-state index in [-0.39, 0.29) is 53.2 Å². The first-order valence-corrected chi connectivity index (χ1v) is 21.6. The molecule has 65 heavy (non-hydrogen) atoms. The Morgan fingerprint density at radius 1 is 0.877 bits per heavy atom. The fraction of sp³-hybridized carbons (Fsp3) is 0.348. The molecule has 2 heterocycles. The van der Waals surface area contributed by atoms with Crippen molar-refractivity contribution in [3.8, 4) is 33.8 Å². The summed E-state index contributed by atoms with van der Waals surface area (Å²) in [6.45, 7) is 0.372. The number of rotatable bonds is 13. The summed E-state index contributed by atoms with van der Waals surface area (Å²) in [5.74, 6) is -5.31. The number of aliphatic hydroxyl groups excluding tert-OH is 1. The van der Waals surface area contributed by atoms with Gasteiger partial charge >= 0.3 is 0 Å². The number of phenols is 2. The number of likely N-dealkylation sites (tertiary alicyclic amines) is 1. The highest BCUT2D eigenvalue weighted by Crippen LogP contribution is 2.39. The molecule has 4 aromatic rings. The van der Waals surface area contributed by atoms with Gasteiger partial charge in [-0.15, -0.1) is 0 Å². The van der Waals surface area contributed by atoms with Gasteiger partial charge in [-0.05, 0) is 109 Å². The van der Waals surface area contributed by atoms with E-state index in [1.165, 1.54) is 48.3 Å². The lowest BCUT2D eigenvalue weighted by Crippen LogP contribution is -2.62. The average Bonchev–Trinajstić information content (AvgIpc) is 3.78. The Kier molecular flexibility index (Phi) is 15.8. The number of carbonyl (C=O) groups is 6. The topological polar surface area (TPSA) is 296 Å². The number of nitrogens with one attached hydrogen (secondary N) is 4. The maximum atomic E-state index is 14.6. The van der Waals surface area contributed by atoms with Crippen molar-refractivity contribution in [2.75, 3.05) is 26.7 Å². The normalized spacial score (nSPS) is 19.5. The predicted octanol–water partition coefficient (Wildman–Crippen LogP) is 1.34. The van der Waals surface area contributed by atoms with Crippen LogP contribution in [0.5, 0.6) is 11.5 Å². The van der Waals surface area contributed by atoms with Gasteiger partial charge in [0, 0.05) is 41.7 Å². The number of benzene rings is 4. The van der Waals surface area contributed by atoms with Gasteiger partial charge in [0.05, 0.1) is 12.6 Å². The first-order chi connectivity index (χ1) is 31.1. The van der Waals surface area contributed by atoms with E-state index in [2.05, 4.69) is 21.3 Å². The average molecular weight is 912 g/mol. The lowest BCUT2D eigenvalue weighted by Gasteiger charge is -2.32. The molecule has 0 unspecified atom stereocenters. The van der Waals surface area contributed by atoms with Gasteiger partial charge in [0.1, 0.15) is 29.6 Å². The van der Waals surface area contributed by atoms with Crippen LogP contribution in [0, 0.1) is 0 Å². The Labute approximate surface area is 380 Å². The molecule has 2 aliphatic heterocycles. The summed E-state index contributed by atoms with van der Waals surface area (Å²) in [5.41, 5.74) is 20.8. The molecule has 0 spiro atoms. The molecule has 18 nitrogen and oxygen atoms in total. The van der Waals surface area contributed by atoms with Crippen LogP contribution in [0.2, 0.25) is 5.02 Å². The number of unbranched alkanes of at least 4 members (excludes halogenated alkanes) is 1. The van der Waals surface area contributed by atoms with Gasteiger partial charge in [0.2, 0.25) is 17.7 Å². The van der Waals surface area contributed by atoms with E-state index >= 15 is 0 Å². The maximum absolute atomic E-state index is 14.6. The minimum atomic E-state index is -1.79. The van der Waals surface area contributed by atoms with Crippen LogP contribution in [0.25, 0.3) is 22.3 Å². The summed E-state index contributed by atoms with van der Waals surface area (Å²) in [6.07, 6.45) is -1.24. The van der Waals surface area contributed by atoms with Crippen LogP contribution in [0.1, 0.15) is 59.6 Å². The van der Waals surface area contributed by atoms with E-state index in [1.54, 1.807) is 36.4 Å². The van der Waals surface area contributed by atoms with Gasteiger partial charge in [-0.25, -0.2) is 0 Å². The summed E-state index contributed by atoms with van der Waals surface area (Å²) in [6, 6.07) is 17.7. The second-order valence-electron chi connectivity index (χ2n) is 16.1. The van der Waals surface area contributed by atoms with Crippen LogP contribution in [0.4, 0.5) is 0 Å².